The highest BCUT2D eigenvalue weighted by molar-refractivity contribution is 5.31. The van der Waals surface area contributed by atoms with Gasteiger partial charge in [0.15, 0.2) is 0 Å². The summed E-state index contributed by atoms with van der Waals surface area (Å²) in [5, 5.41) is 0. The molecule has 0 amide bonds. The molecule has 94 valence electrons. The Balaban J connectivity index is 2.00. The Hall–Kier alpha value is -0.860. The Labute approximate surface area is 105 Å². The van der Waals surface area contributed by atoms with Crippen LogP contribution in [-0.2, 0) is 0 Å². The average molecular weight is 232 g/mol. The number of aryl methyl sites for hydroxylation is 2. The number of rotatable bonds is 3. The number of nitrogens with zero attached hydrogens (tertiary/aromatic N) is 1. The summed E-state index contributed by atoms with van der Waals surface area (Å²) in [6.45, 7) is 8.64. The molecule has 1 aromatic carbocycles. The van der Waals surface area contributed by atoms with Crippen LogP contribution < -0.4 is 5.73 Å². The lowest BCUT2D eigenvalue weighted by Crippen LogP contribution is -2.36. The van der Waals surface area contributed by atoms with E-state index in [1.807, 2.05) is 0 Å². The van der Waals surface area contributed by atoms with Crippen molar-refractivity contribution in [2.75, 3.05) is 26.2 Å². The number of likely N-dealkylation sites (tertiary alicyclic amines) is 1. The predicted octanol–water partition coefficient (Wildman–Crippen LogP) is 2.44. The molecule has 1 aromatic rings. The Kier molecular flexibility index (Phi) is 4.19. The second-order valence-corrected chi connectivity index (χ2v) is 5.33. The van der Waals surface area contributed by atoms with Crippen LogP contribution in [0.25, 0.3) is 0 Å². The molecule has 1 aliphatic heterocycles. The first-order chi connectivity index (χ1) is 8.19. The van der Waals surface area contributed by atoms with E-state index in [1.54, 1.807) is 0 Å². The number of hydrogen-bond donors (Lipinski definition) is 1. The van der Waals surface area contributed by atoms with Gasteiger partial charge in [0.1, 0.15) is 0 Å². The van der Waals surface area contributed by atoms with Gasteiger partial charge in [0, 0.05) is 13.1 Å². The maximum Gasteiger partial charge on any atom is 0.0105 e. The molecule has 2 heteroatoms. The highest BCUT2D eigenvalue weighted by atomic mass is 15.1. The molecule has 0 spiro atoms. The summed E-state index contributed by atoms with van der Waals surface area (Å²) in [5.41, 5.74) is 9.93. The first-order valence-electron chi connectivity index (χ1n) is 6.69. The Morgan fingerprint density at radius 1 is 1.12 bits per heavy atom. The van der Waals surface area contributed by atoms with Crippen LogP contribution in [0.5, 0.6) is 0 Å². The number of nitrogens with two attached hydrogens (primary N) is 1. The maximum atomic E-state index is 5.60. The molecule has 0 atom stereocenters. The molecule has 1 heterocycles. The molecule has 1 fully saturated rings. The van der Waals surface area contributed by atoms with Crippen LogP contribution in [0.2, 0.25) is 0 Å². The Morgan fingerprint density at radius 3 is 2.24 bits per heavy atom. The smallest absolute Gasteiger partial charge is 0.0105 e. The quantitative estimate of drug-likeness (QED) is 0.867. The zero-order chi connectivity index (χ0) is 12.3. The predicted molar refractivity (Wildman–Crippen MR) is 73.4 cm³/mol. The second-order valence-electron chi connectivity index (χ2n) is 5.33. The lowest BCUT2D eigenvalue weighted by molar-refractivity contribution is 0.217. The van der Waals surface area contributed by atoms with Gasteiger partial charge in [0.05, 0.1) is 0 Å². The van der Waals surface area contributed by atoms with Crippen molar-refractivity contribution in [2.24, 2.45) is 5.73 Å². The molecule has 0 bridgehead atoms. The molecule has 1 saturated heterocycles. The van der Waals surface area contributed by atoms with Crippen molar-refractivity contribution in [2.45, 2.75) is 32.6 Å². The molecular formula is C15H24N2. The Morgan fingerprint density at radius 2 is 1.71 bits per heavy atom. The van der Waals surface area contributed by atoms with E-state index in [0.29, 0.717) is 0 Å². The summed E-state index contributed by atoms with van der Waals surface area (Å²) in [6.07, 6.45) is 2.56. The molecule has 2 rings (SSSR count). The van der Waals surface area contributed by atoms with Gasteiger partial charge >= 0.3 is 0 Å². The van der Waals surface area contributed by atoms with Crippen LogP contribution in [-0.4, -0.2) is 31.1 Å². The molecule has 2 N–H and O–H groups in total. The second kappa shape index (κ2) is 5.65. The topological polar surface area (TPSA) is 29.3 Å². The number of hydrogen-bond acceptors (Lipinski definition) is 2. The third-order valence-electron chi connectivity index (χ3n) is 3.75. The summed E-state index contributed by atoms with van der Waals surface area (Å²) in [7, 11) is 0. The summed E-state index contributed by atoms with van der Waals surface area (Å²) in [6, 6.07) is 6.97. The summed E-state index contributed by atoms with van der Waals surface area (Å²) < 4.78 is 0. The number of piperidine rings is 1. The van der Waals surface area contributed by atoms with Gasteiger partial charge in [-0.15, -0.1) is 0 Å². The van der Waals surface area contributed by atoms with E-state index < -0.39 is 0 Å². The van der Waals surface area contributed by atoms with Gasteiger partial charge in [0.2, 0.25) is 0 Å². The zero-order valence-corrected chi connectivity index (χ0v) is 11.1. The van der Waals surface area contributed by atoms with Gasteiger partial charge in [-0.25, -0.2) is 0 Å². The van der Waals surface area contributed by atoms with Gasteiger partial charge < -0.3 is 10.6 Å². The van der Waals surface area contributed by atoms with E-state index in [-0.39, 0.29) is 0 Å². The fourth-order valence-electron chi connectivity index (χ4n) is 2.92. The molecule has 2 nitrogen and oxygen atoms in total. The lowest BCUT2D eigenvalue weighted by Gasteiger charge is -2.32. The van der Waals surface area contributed by atoms with E-state index in [4.69, 9.17) is 5.73 Å². The molecule has 0 aromatic heterocycles. The van der Waals surface area contributed by atoms with Crippen LogP contribution in [0.1, 0.15) is 35.4 Å². The fourth-order valence-corrected chi connectivity index (χ4v) is 2.92. The Bertz CT molecular complexity index is 345. The van der Waals surface area contributed by atoms with Crippen molar-refractivity contribution in [1.82, 2.24) is 4.90 Å². The summed E-state index contributed by atoms with van der Waals surface area (Å²) in [5.74, 6) is 0.752. The normalized spacial score (nSPS) is 18.5. The van der Waals surface area contributed by atoms with E-state index >= 15 is 0 Å². The van der Waals surface area contributed by atoms with Crippen LogP contribution in [0.15, 0.2) is 18.2 Å². The molecular weight excluding hydrogens is 208 g/mol. The molecule has 0 aliphatic carbocycles. The average Bonchev–Trinajstić information content (AvgIpc) is 2.29. The van der Waals surface area contributed by atoms with Crippen LogP contribution >= 0.6 is 0 Å². The van der Waals surface area contributed by atoms with Gasteiger partial charge in [0.25, 0.3) is 0 Å². The standard InChI is InChI=1S/C15H24N2/c1-12-9-13(2)11-15(10-12)14-3-6-17(7-4-14)8-5-16/h9-11,14H,3-8,16H2,1-2H3. The van der Waals surface area contributed by atoms with Crippen LogP contribution in [0, 0.1) is 13.8 Å². The third-order valence-corrected chi connectivity index (χ3v) is 3.75. The lowest BCUT2D eigenvalue weighted by atomic mass is 9.88. The van der Waals surface area contributed by atoms with Crippen molar-refractivity contribution in [3.8, 4) is 0 Å². The SMILES string of the molecule is Cc1cc(C)cc(C2CCN(CCN)CC2)c1. The number of benzene rings is 1. The van der Waals surface area contributed by atoms with Crippen LogP contribution in [0.3, 0.4) is 0 Å². The monoisotopic (exact) mass is 232 g/mol. The highest BCUT2D eigenvalue weighted by Crippen LogP contribution is 2.29. The molecule has 0 unspecified atom stereocenters. The van der Waals surface area contributed by atoms with Crippen molar-refractivity contribution in [3.63, 3.8) is 0 Å². The van der Waals surface area contributed by atoms with Crippen molar-refractivity contribution in [1.29, 1.82) is 0 Å². The first-order valence-corrected chi connectivity index (χ1v) is 6.69. The highest BCUT2D eigenvalue weighted by Gasteiger charge is 2.20. The van der Waals surface area contributed by atoms with E-state index in [2.05, 4.69) is 36.9 Å². The molecule has 0 saturated carbocycles. The minimum absolute atomic E-state index is 0.752. The first kappa shape index (κ1) is 12.6. The molecule has 1 aliphatic rings. The van der Waals surface area contributed by atoms with Gasteiger partial charge in [-0.1, -0.05) is 29.3 Å². The van der Waals surface area contributed by atoms with E-state index in [0.717, 1.165) is 19.0 Å². The van der Waals surface area contributed by atoms with Crippen molar-refractivity contribution < 1.29 is 0 Å². The fraction of sp³-hybridized carbons (Fsp3) is 0.600. The van der Waals surface area contributed by atoms with E-state index in [9.17, 15) is 0 Å². The van der Waals surface area contributed by atoms with Crippen LogP contribution in [0.4, 0.5) is 0 Å². The minimum atomic E-state index is 0.752. The van der Waals surface area contributed by atoms with Crippen molar-refractivity contribution >= 4 is 0 Å². The summed E-state index contributed by atoms with van der Waals surface area (Å²) in [4.78, 5) is 2.49. The molecule has 0 radical (unpaired) electrons. The largest absolute Gasteiger partial charge is 0.329 e. The molecule has 17 heavy (non-hydrogen) atoms. The van der Waals surface area contributed by atoms with Gasteiger partial charge in [-0.2, -0.15) is 0 Å². The van der Waals surface area contributed by atoms with Gasteiger partial charge in [-0.05, 0) is 51.3 Å². The zero-order valence-electron chi connectivity index (χ0n) is 11.1. The third kappa shape index (κ3) is 3.30. The minimum Gasteiger partial charge on any atom is -0.329 e. The van der Waals surface area contributed by atoms with E-state index in [1.165, 1.54) is 42.6 Å². The van der Waals surface area contributed by atoms with Gasteiger partial charge in [-0.3, -0.25) is 0 Å². The summed E-state index contributed by atoms with van der Waals surface area (Å²) >= 11 is 0. The maximum absolute atomic E-state index is 5.60. The van der Waals surface area contributed by atoms with Crippen molar-refractivity contribution in [3.05, 3.63) is 34.9 Å².